The predicted molar refractivity (Wildman–Crippen MR) is 312 cm³/mol. The summed E-state index contributed by atoms with van der Waals surface area (Å²) in [5.41, 5.74) is 17.8. The van der Waals surface area contributed by atoms with Gasteiger partial charge in [0, 0.05) is 21.5 Å². The van der Waals surface area contributed by atoms with Gasteiger partial charge in [-0.05, 0) is 198 Å². The smallest absolute Gasteiger partial charge is 0.135 e. The fraction of sp³-hybridized carbons (Fsp3) is 0. The van der Waals surface area contributed by atoms with Gasteiger partial charge >= 0.3 is 0 Å². The van der Waals surface area contributed by atoms with Gasteiger partial charge in [-0.3, -0.25) is 0 Å². The van der Waals surface area contributed by atoms with E-state index >= 15 is 0 Å². The number of hydrogen-bond donors (Lipinski definition) is 0. The van der Waals surface area contributed by atoms with E-state index in [4.69, 9.17) is 8.83 Å². The van der Waals surface area contributed by atoms with Crippen molar-refractivity contribution in [3.8, 4) is 66.8 Å². The van der Waals surface area contributed by atoms with Gasteiger partial charge in [0.25, 0.3) is 0 Å². The second kappa shape index (κ2) is 14.9. The molecule has 16 aromatic rings. The number of hydrogen-bond acceptors (Lipinski definition) is 2. The van der Waals surface area contributed by atoms with Crippen LogP contribution in [-0.4, -0.2) is 0 Å². The molecule has 0 N–H and O–H groups in total. The molecule has 2 heterocycles. The van der Waals surface area contributed by atoms with Crippen molar-refractivity contribution < 1.29 is 8.83 Å². The van der Waals surface area contributed by atoms with Gasteiger partial charge in [0.05, 0.1) is 0 Å². The van der Waals surface area contributed by atoms with E-state index in [1.54, 1.807) is 0 Å². The van der Waals surface area contributed by atoms with Crippen molar-refractivity contribution in [1.82, 2.24) is 0 Å². The number of furan rings is 2. The lowest BCUT2D eigenvalue weighted by Gasteiger charge is -2.27. The molecule has 74 heavy (non-hydrogen) atoms. The van der Waals surface area contributed by atoms with E-state index < -0.39 is 0 Å². The molecular weight excluding hydrogens is 897 g/mol. The lowest BCUT2D eigenvalue weighted by molar-refractivity contribution is 0.668. The molecule has 0 aliphatic heterocycles. The van der Waals surface area contributed by atoms with Crippen molar-refractivity contribution in [3.05, 3.63) is 243 Å². The molecule has 0 spiro atoms. The largest absolute Gasteiger partial charge is 0.456 e. The van der Waals surface area contributed by atoms with E-state index in [2.05, 4.69) is 231 Å². The topological polar surface area (TPSA) is 26.3 Å². The second-order valence-electron chi connectivity index (χ2n) is 20.2. The third-order valence-electron chi connectivity index (χ3n) is 16.4. The van der Waals surface area contributed by atoms with Crippen LogP contribution < -0.4 is 0 Å². The normalized spacial score (nSPS) is 12.3. The standard InChI is InChI=1S/C72H40O2/c1-5-18-49-45(14-1)46-15-2-6-19-50(46)59-38-63-56-25-13-24-44(43-30-33-71-66(36-43)55-23-10-12-27-69(55)74-71)72(56)67-40-62-52-21-8-4-17-48(52)47-16-3-7-20-51(47)60(62)39-64(67)57-34-41(28-31-53(57)61(63)37-58(49)59)42-29-32-70-65(35-42)54-22-9-11-26-68(54)73-70/h1-40H. The van der Waals surface area contributed by atoms with Crippen LogP contribution in [0.4, 0.5) is 0 Å². The highest BCUT2D eigenvalue weighted by molar-refractivity contribution is 6.29. The maximum Gasteiger partial charge on any atom is 0.135 e. The quantitative estimate of drug-likeness (QED) is 0.161. The molecule has 0 amide bonds. The molecule has 2 heteroatoms. The van der Waals surface area contributed by atoms with Gasteiger partial charge in [-0.15, -0.1) is 0 Å². The van der Waals surface area contributed by atoms with Crippen LogP contribution in [0, 0.1) is 0 Å². The molecule has 17 rings (SSSR count). The first kappa shape index (κ1) is 39.9. The molecule has 1 aliphatic rings. The summed E-state index contributed by atoms with van der Waals surface area (Å²) in [5.74, 6) is 0. The fourth-order valence-corrected chi connectivity index (χ4v) is 13.1. The van der Waals surface area contributed by atoms with Crippen LogP contribution in [0.5, 0.6) is 0 Å². The van der Waals surface area contributed by atoms with Crippen LogP contribution in [0.25, 0.3) is 175 Å². The van der Waals surface area contributed by atoms with E-state index in [0.29, 0.717) is 0 Å². The van der Waals surface area contributed by atoms with Crippen molar-refractivity contribution in [3.63, 3.8) is 0 Å². The van der Waals surface area contributed by atoms with E-state index in [1.807, 2.05) is 12.1 Å². The molecule has 0 fully saturated rings. The molecule has 2 aromatic heterocycles. The van der Waals surface area contributed by atoms with Crippen LogP contribution in [0.3, 0.4) is 0 Å². The van der Waals surface area contributed by atoms with Crippen LogP contribution >= 0.6 is 0 Å². The molecule has 0 saturated carbocycles. The van der Waals surface area contributed by atoms with Gasteiger partial charge in [-0.1, -0.05) is 176 Å². The zero-order chi connectivity index (χ0) is 48.2. The summed E-state index contributed by atoms with van der Waals surface area (Å²) in [6.07, 6.45) is 0. The summed E-state index contributed by atoms with van der Waals surface area (Å²) in [4.78, 5) is 0. The van der Waals surface area contributed by atoms with Crippen LogP contribution in [-0.2, 0) is 0 Å². The average molecular weight is 937 g/mol. The molecule has 0 unspecified atom stereocenters. The summed E-state index contributed by atoms with van der Waals surface area (Å²) < 4.78 is 12.8. The number of fused-ring (bicyclic) bond motifs is 26. The van der Waals surface area contributed by atoms with Gasteiger partial charge in [-0.2, -0.15) is 0 Å². The minimum atomic E-state index is 0.887. The Kier molecular flexibility index (Phi) is 8.03. The van der Waals surface area contributed by atoms with Crippen molar-refractivity contribution >= 4 is 109 Å². The molecule has 0 bridgehead atoms. The maximum atomic E-state index is 6.45. The Morgan fingerprint density at radius 1 is 0.162 bits per heavy atom. The van der Waals surface area contributed by atoms with Crippen molar-refractivity contribution in [2.24, 2.45) is 0 Å². The summed E-state index contributed by atoms with van der Waals surface area (Å²) in [6, 6.07) is 90.2. The average Bonchev–Trinajstić information content (AvgIpc) is 4.06. The van der Waals surface area contributed by atoms with Crippen molar-refractivity contribution in [2.75, 3.05) is 0 Å². The zero-order valence-electron chi connectivity index (χ0n) is 39.9. The minimum absolute atomic E-state index is 0.887. The van der Waals surface area contributed by atoms with Crippen LogP contribution in [0.2, 0.25) is 0 Å². The molecule has 14 aromatic carbocycles. The summed E-state index contributed by atoms with van der Waals surface area (Å²) in [7, 11) is 0. The van der Waals surface area contributed by atoms with E-state index in [1.165, 1.54) is 115 Å². The maximum absolute atomic E-state index is 6.45. The highest BCUT2D eigenvalue weighted by atomic mass is 16.3. The monoisotopic (exact) mass is 936 g/mol. The number of benzene rings is 14. The summed E-state index contributed by atoms with van der Waals surface area (Å²) in [6.45, 7) is 0. The third-order valence-corrected chi connectivity index (χ3v) is 16.4. The highest BCUT2D eigenvalue weighted by Gasteiger charge is 2.28. The second-order valence-corrected chi connectivity index (χ2v) is 20.2. The predicted octanol–water partition coefficient (Wildman–Crippen LogP) is 20.7. The molecule has 2 nitrogen and oxygen atoms in total. The summed E-state index contributed by atoms with van der Waals surface area (Å²) >= 11 is 0. The highest BCUT2D eigenvalue weighted by Crippen LogP contribution is 2.55. The van der Waals surface area contributed by atoms with E-state index in [9.17, 15) is 0 Å². The summed E-state index contributed by atoms with van der Waals surface area (Å²) in [5, 5.41) is 19.5. The Bertz CT molecular complexity index is 5140. The Hall–Kier alpha value is -9.76. The SMILES string of the molecule is c1cc(-c2ccc3oc4ccccc4c3c2)c2c(c1)-c1cc3c4ccccc4c4ccccc4c3cc1-c1ccc(-c3ccc4oc5ccccc5c4c3)cc1-c1cc3c4ccccc4c4ccccc4c3cc1-2. The van der Waals surface area contributed by atoms with Crippen LogP contribution in [0.1, 0.15) is 0 Å². The first-order chi connectivity index (χ1) is 36.7. The lowest BCUT2D eigenvalue weighted by Crippen LogP contribution is -2.00. The first-order valence-corrected chi connectivity index (χ1v) is 25.5. The zero-order valence-corrected chi connectivity index (χ0v) is 39.9. The Morgan fingerprint density at radius 3 is 1.01 bits per heavy atom. The lowest BCUT2D eigenvalue weighted by atomic mass is 9.75. The Morgan fingerprint density at radius 2 is 0.500 bits per heavy atom. The molecule has 0 atom stereocenters. The number of para-hydroxylation sites is 2. The molecule has 340 valence electrons. The molecular formula is C72H40O2. The van der Waals surface area contributed by atoms with Crippen LogP contribution in [0.15, 0.2) is 251 Å². The fourth-order valence-electron chi connectivity index (χ4n) is 13.1. The van der Waals surface area contributed by atoms with E-state index in [-0.39, 0.29) is 0 Å². The van der Waals surface area contributed by atoms with Crippen molar-refractivity contribution in [2.45, 2.75) is 0 Å². The Balaban J connectivity index is 1.06. The van der Waals surface area contributed by atoms with Gasteiger partial charge in [0.1, 0.15) is 22.3 Å². The van der Waals surface area contributed by atoms with Gasteiger partial charge < -0.3 is 8.83 Å². The van der Waals surface area contributed by atoms with Gasteiger partial charge in [0.15, 0.2) is 0 Å². The first-order valence-electron chi connectivity index (χ1n) is 25.5. The number of rotatable bonds is 2. The molecule has 0 radical (unpaired) electrons. The molecule has 1 aliphatic carbocycles. The Labute approximate surface area is 424 Å². The van der Waals surface area contributed by atoms with Crippen molar-refractivity contribution in [1.29, 1.82) is 0 Å². The third kappa shape index (κ3) is 5.54. The van der Waals surface area contributed by atoms with Gasteiger partial charge in [0.2, 0.25) is 0 Å². The van der Waals surface area contributed by atoms with Gasteiger partial charge in [-0.25, -0.2) is 0 Å². The van der Waals surface area contributed by atoms with E-state index in [0.717, 1.165) is 60.6 Å². The minimum Gasteiger partial charge on any atom is -0.456 e. The molecule has 0 saturated heterocycles.